The maximum absolute atomic E-state index is 13.3. The number of nitrogens with zero attached hydrogens (tertiary/aromatic N) is 1. The quantitative estimate of drug-likeness (QED) is 0.721. The lowest BCUT2D eigenvalue weighted by atomic mass is 10.2. The predicted molar refractivity (Wildman–Crippen MR) is 104 cm³/mol. The van der Waals surface area contributed by atoms with E-state index in [1.165, 1.54) is 22.5 Å². The molecule has 0 radical (unpaired) electrons. The summed E-state index contributed by atoms with van der Waals surface area (Å²) >= 11 is 5.64. The molecule has 27 heavy (non-hydrogen) atoms. The normalized spacial score (nSPS) is 12.4. The largest absolute Gasteiger partial charge is 0.280 e. The molecule has 6 nitrogen and oxygen atoms in total. The molecule has 0 aliphatic rings. The summed E-state index contributed by atoms with van der Waals surface area (Å²) in [7, 11) is -7.83. The summed E-state index contributed by atoms with van der Waals surface area (Å²) < 4.78 is 67.4. The molecule has 0 amide bonds. The number of hydrogen-bond donors (Lipinski definition) is 1. The van der Waals surface area contributed by atoms with Crippen LogP contribution in [0.1, 0.15) is 19.4 Å². The van der Waals surface area contributed by atoms with Gasteiger partial charge in [-0.25, -0.2) is 21.2 Å². The molecule has 0 unspecified atom stereocenters. The van der Waals surface area contributed by atoms with Crippen LogP contribution in [0.3, 0.4) is 0 Å². The number of sulfonamides is 2. The minimum atomic E-state index is -4.07. The molecule has 0 heterocycles. The number of nitrogens with one attached hydrogen (secondary N) is 1. The molecule has 2 aromatic rings. The number of aryl methyl sites for hydroxylation is 1. The van der Waals surface area contributed by atoms with E-state index in [-0.39, 0.29) is 20.5 Å². The molecule has 0 saturated heterocycles. The van der Waals surface area contributed by atoms with Crippen LogP contribution in [0.5, 0.6) is 0 Å². The second-order valence-corrected chi connectivity index (χ2v) is 9.75. The van der Waals surface area contributed by atoms with E-state index in [1.807, 2.05) is 0 Å². The van der Waals surface area contributed by atoms with Crippen molar-refractivity contribution in [2.75, 3.05) is 17.8 Å². The van der Waals surface area contributed by atoms with Crippen LogP contribution in [0.25, 0.3) is 0 Å². The average Bonchev–Trinajstić information content (AvgIpc) is 2.59. The minimum absolute atomic E-state index is 0.0172. The van der Waals surface area contributed by atoms with Gasteiger partial charge in [0.15, 0.2) is 0 Å². The Labute approximate surface area is 164 Å². The van der Waals surface area contributed by atoms with Gasteiger partial charge in [0.1, 0.15) is 5.82 Å². The Bertz CT molecular complexity index is 1050. The number of halogens is 2. The summed E-state index contributed by atoms with van der Waals surface area (Å²) in [5.74, 6) is -0.737. The predicted octanol–water partition coefficient (Wildman–Crippen LogP) is 3.62. The molecule has 0 aliphatic carbocycles. The Morgan fingerprint density at radius 1 is 1.04 bits per heavy atom. The molecule has 1 N–H and O–H groups in total. The van der Waals surface area contributed by atoms with E-state index in [0.29, 0.717) is 18.7 Å². The van der Waals surface area contributed by atoms with Gasteiger partial charge in [0.2, 0.25) is 10.0 Å². The zero-order valence-electron chi connectivity index (χ0n) is 15.0. The molecule has 0 saturated carbocycles. The summed E-state index contributed by atoms with van der Waals surface area (Å²) in [6.07, 6.45) is 0. The SMILES string of the molecule is CCN(CC)S(=O)(=O)c1cc(NS(=O)(=O)c2ccc(F)c(Cl)c2)ccc1C. The maximum atomic E-state index is 13.3. The maximum Gasteiger partial charge on any atom is 0.261 e. The van der Waals surface area contributed by atoms with Gasteiger partial charge in [-0.1, -0.05) is 31.5 Å². The molecule has 0 bridgehead atoms. The van der Waals surface area contributed by atoms with Gasteiger partial charge in [-0.05, 0) is 42.8 Å². The highest BCUT2D eigenvalue weighted by molar-refractivity contribution is 7.92. The van der Waals surface area contributed by atoms with Crippen LogP contribution >= 0.6 is 11.6 Å². The molecule has 10 heteroatoms. The Morgan fingerprint density at radius 3 is 2.22 bits per heavy atom. The monoisotopic (exact) mass is 434 g/mol. The van der Waals surface area contributed by atoms with Gasteiger partial charge in [-0.3, -0.25) is 4.72 Å². The van der Waals surface area contributed by atoms with Crippen molar-refractivity contribution in [3.8, 4) is 0 Å². The Morgan fingerprint density at radius 2 is 1.67 bits per heavy atom. The molecule has 2 rings (SSSR count). The molecular formula is C17H20ClFN2O4S2. The van der Waals surface area contributed by atoms with Gasteiger partial charge in [0.05, 0.1) is 20.5 Å². The molecule has 0 spiro atoms. The van der Waals surface area contributed by atoms with Crippen molar-refractivity contribution in [1.29, 1.82) is 0 Å². The van der Waals surface area contributed by atoms with Gasteiger partial charge < -0.3 is 0 Å². The van der Waals surface area contributed by atoms with Gasteiger partial charge in [0.25, 0.3) is 10.0 Å². The van der Waals surface area contributed by atoms with Crippen molar-refractivity contribution in [3.63, 3.8) is 0 Å². The standard InChI is InChI=1S/C17H20ClFN2O4S2/c1-4-21(5-2)27(24,25)17-10-13(7-6-12(17)3)20-26(22,23)14-8-9-16(19)15(18)11-14/h6-11,20H,4-5H2,1-3H3. The fourth-order valence-corrected chi connectivity index (χ4v) is 5.53. The highest BCUT2D eigenvalue weighted by atomic mass is 35.5. The fraction of sp³-hybridized carbons (Fsp3) is 0.294. The van der Waals surface area contributed by atoms with Gasteiger partial charge >= 0.3 is 0 Å². The fourth-order valence-electron chi connectivity index (χ4n) is 2.50. The van der Waals surface area contributed by atoms with E-state index in [0.717, 1.165) is 18.2 Å². The van der Waals surface area contributed by atoms with Gasteiger partial charge in [-0.15, -0.1) is 0 Å². The first-order valence-electron chi connectivity index (χ1n) is 8.11. The summed E-state index contributed by atoms with van der Waals surface area (Å²) in [6, 6.07) is 7.26. The van der Waals surface area contributed by atoms with Crippen LogP contribution in [0, 0.1) is 12.7 Å². The van der Waals surface area contributed by atoms with Crippen molar-refractivity contribution >= 4 is 37.3 Å². The molecule has 0 atom stereocenters. The third-order valence-corrected chi connectivity index (χ3v) is 7.83. The van der Waals surface area contributed by atoms with Gasteiger partial charge in [-0.2, -0.15) is 4.31 Å². The summed E-state index contributed by atoms with van der Waals surface area (Å²) in [6.45, 7) is 5.67. The Kier molecular flexibility index (Phi) is 6.51. The topological polar surface area (TPSA) is 83.6 Å². The van der Waals surface area contributed by atoms with Crippen molar-refractivity contribution in [1.82, 2.24) is 4.31 Å². The van der Waals surface area contributed by atoms with E-state index in [2.05, 4.69) is 4.72 Å². The number of hydrogen-bond acceptors (Lipinski definition) is 4. The summed E-state index contributed by atoms with van der Waals surface area (Å²) in [5.41, 5.74) is 0.571. The van der Waals surface area contributed by atoms with Crippen molar-refractivity contribution < 1.29 is 21.2 Å². The zero-order chi connectivity index (χ0) is 20.4. The van der Waals surface area contributed by atoms with Crippen LogP contribution in [0.15, 0.2) is 46.2 Å². The van der Waals surface area contributed by atoms with Crippen molar-refractivity contribution in [2.45, 2.75) is 30.6 Å². The highest BCUT2D eigenvalue weighted by Crippen LogP contribution is 2.26. The lowest BCUT2D eigenvalue weighted by Gasteiger charge is -2.20. The zero-order valence-corrected chi connectivity index (χ0v) is 17.4. The first-order valence-corrected chi connectivity index (χ1v) is 11.4. The van der Waals surface area contributed by atoms with E-state index in [4.69, 9.17) is 11.6 Å². The van der Waals surface area contributed by atoms with E-state index in [1.54, 1.807) is 20.8 Å². The number of anilines is 1. The summed E-state index contributed by atoms with van der Waals surface area (Å²) in [4.78, 5) is -0.217. The summed E-state index contributed by atoms with van der Waals surface area (Å²) in [5, 5.41) is -0.327. The van der Waals surface area contributed by atoms with Crippen LogP contribution < -0.4 is 4.72 Å². The minimum Gasteiger partial charge on any atom is -0.280 e. The van der Waals surface area contributed by atoms with Gasteiger partial charge in [0, 0.05) is 13.1 Å². The van der Waals surface area contributed by atoms with Crippen LogP contribution in [0.2, 0.25) is 5.02 Å². The second kappa shape index (κ2) is 8.14. The lowest BCUT2D eigenvalue weighted by Crippen LogP contribution is -2.31. The molecular weight excluding hydrogens is 415 g/mol. The highest BCUT2D eigenvalue weighted by Gasteiger charge is 2.25. The number of rotatable bonds is 7. The molecule has 0 aliphatic heterocycles. The third kappa shape index (κ3) is 4.60. The molecule has 2 aromatic carbocycles. The molecule has 148 valence electrons. The first-order chi connectivity index (χ1) is 12.5. The van der Waals surface area contributed by atoms with Crippen molar-refractivity contribution in [2.24, 2.45) is 0 Å². The Balaban J connectivity index is 2.45. The Hall–Kier alpha value is -1.68. The van der Waals surface area contributed by atoms with E-state index >= 15 is 0 Å². The van der Waals surface area contributed by atoms with Crippen LogP contribution in [0.4, 0.5) is 10.1 Å². The average molecular weight is 435 g/mol. The van der Waals surface area contributed by atoms with E-state index in [9.17, 15) is 21.2 Å². The van der Waals surface area contributed by atoms with Crippen molar-refractivity contribution in [3.05, 3.63) is 52.8 Å². The molecule has 0 aromatic heterocycles. The second-order valence-electron chi connectivity index (χ2n) is 5.75. The number of benzene rings is 2. The lowest BCUT2D eigenvalue weighted by molar-refractivity contribution is 0.445. The van der Waals surface area contributed by atoms with Crippen LogP contribution in [-0.4, -0.2) is 34.2 Å². The third-order valence-electron chi connectivity index (χ3n) is 3.96. The first kappa shape index (κ1) is 21.6. The smallest absolute Gasteiger partial charge is 0.261 e. The van der Waals surface area contributed by atoms with Crippen LogP contribution in [-0.2, 0) is 20.0 Å². The molecule has 0 fully saturated rings. The van der Waals surface area contributed by atoms with E-state index < -0.39 is 25.9 Å².